The molecule has 0 amide bonds. The Bertz CT molecular complexity index is 1170. The summed E-state index contributed by atoms with van der Waals surface area (Å²) in [6.07, 6.45) is 0. The van der Waals surface area contributed by atoms with E-state index in [1.165, 1.54) is 28.9 Å². The van der Waals surface area contributed by atoms with Gasteiger partial charge in [0.15, 0.2) is 5.65 Å². The number of nitrogens with zero attached hydrogens (tertiary/aromatic N) is 5. The zero-order chi connectivity index (χ0) is 19.8. The van der Waals surface area contributed by atoms with E-state index in [1.807, 2.05) is 18.9 Å². The van der Waals surface area contributed by atoms with Crippen LogP contribution in [0.15, 0.2) is 48.5 Å². The summed E-state index contributed by atoms with van der Waals surface area (Å²) in [7, 11) is 1.85. The SMILES string of the molecule is CCN(C)c1nc(-c2cccc(F)c2)c2c(N)n(-c3cccc(F)c3)nc2n1. The molecule has 0 saturated carbocycles. The summed E-state index contributed by atoms with van der Waals surface area (Å²) >= 11 is 0. The fourth-order valence-corrected chi connectivity index (χ4v) is 2.96. The van der Waals surface area contributed by atoms with Gasteiger partial charge >= 0.3 is 0 Å². The quantitative estimate of drug-likeness (QED) is 0.583. The predicted octanol–water partition coefficient (Wildman–Crippen LogP) is 3.80. The van der Waals surface area contributed by atoms with Crippen molar-refractivity contribution in [2.24, 2.45) is 0 Å². The van der Waals surface area contributed by atoms with Crippen molar-refractivity contribution in [3.05, 3.63) is 60.2 Å². The second-order valence-electron chi connectivity index (χ2n) is 6.37. The average Bonchev–Trinajstić information content (AvgIpc) is 3.03. The van der Waals surface area contributed by atoms with Crippen LogP contribution in [-0.4, -0.2) is 33.3 Å². The van der Waals surface area contributed by atoms with Gasteiger partial charge in [0, 0.05) is 19.2 Å². The smallest absolute Gasteiger partial charge is 0.227 e. The summed E-state index contributed by atoms with van der Waals surface area (Å²) in [4.78, 5) is 11.0. The molecule has 28 heavy (non-hydrogen) atoms. The molecular weight excluding hydrogens is 362 g/mol. The maximum atomic E-state index is 13.8. The lowest BCUT2D eigenvalue weighted by molar-refractivity contribution is 0.625. The minimum atomic E-state index is -0.403. The Balaban J connectivity index is 2.03. The first kappa shape index (κ1) is 17.8. The Morgan fingerprint density at radius 2 is 1.75 bits per heavy atom. The van der Waals surface area contributed by atoms with Gasteiger partial charge in [-0.15, -0.1) is 5.10 Å². The van der Waals surface area contributed by atoms with Crippen molar-refractivity contribution in [2.75, 3.05) is 24.2 Å². The second kappa shape index (κ2) is 6.88. The monoisotopic (exact) mass is 380 g/mol. The van der Waals surface area contributed by atoms with Crippen molar-refractivity contribution in [3.63, 3.8) is 0 Å². The highest BCUT2D eigenvalue weighted by atomic mass is 19.1. The Morgan fingerprint density at radius 3 is 2.43 bits per heavy atom. The zero-order valence-corrected chi connectivity index (χ0v) is 15.4. The van der Waals surface area contributed by atoms with Crippen molar-refractivity contribution in [1.82, 2.24) is 19.7 Å². The maximum absolute atomic E-state index is 13.8. The molecule has 4 rings (SSSR count). The summed E-state index contributed by atoms with van der Waals surface area (Å²) in [6.45, 7) is 2.64. The topological polar surface area (TPSA) is 72.9 Å². The molecule has 0 spiro atoms. The number of nitrogen functional groups attached to an aromatic ring is 1. The van der Waals surface area contributed by atoms with E-state index in [1.54, 1.807) is 24.3 Å². The summed E-state index contributed by atoms with van der Waals surface area (Å²) in [5.41, 5.74) is 8.19. The molecule has 0 bridgehead atoms. The van der Waals surface area contributed by atoms with E-state index in [-0.39, 0.29) is 11.6 Å². The number of anilines is 2. The molecule has 0 saturated heterocycles. The zero-order valence-electron chi connectivity index (χ0n) is 15.4. The van der Waals surface area contributed by atoms with Gasteiger partial charge in [0.05, 0.1) is 16.8 Å². The highest BCUT2D eigenvalue weighted by Gasteiger charge is 2.20. The molecule has 8 heteroatoms. The molecule has 2 aromatic carbocycles. The predicted molar refractivity (Wildman–Crippen MR) is 105 cm³/mol. The largest absolute Gasteiger partial charge is 0.383 e. The van der Waals surface area contributed by atoms with Crippen LogP contribution in [0.3, 0.4) is 0 Å². The summed E-state index contributed by atoms with van der Waals surface area (Å²) in [6, 6.07) is 12.0. The highest BCUT2D eigenvalue weighted by molar-refractivity contribution is 5.99. The normalized spacial score (nSPS) is 11.1. The number of nitrogens with two attached hydrogens (primary N) is 1. The van der Waals surface area contributed by atoms with Crippen LogP contribution in [0.4, 0.5) is 20.5 Å². The highest BCUT2D eigenvalue weighted by Crippen LogP contribution is 2.33. The van der Waals surface area contributed by atoms with Gasteiger partial charge in [-0.05, 0) is 37.3 Å². The number of rotatable bonds is 4. The van der Waals surface area contributed by atoms with Crippen LogP contribution in [0.1, 0.15) is 6.92 Å². The number of hydrogen-bond acceptors (Lipinski definition) is 5. The van der Waals surface area contributed by atoms with Crippen LogP contribution in [0, 0.1) is 11.6 Å². The van der Waals surface area contributed by atoms with Gasteiger partial charge in [0.1, 0.15) is 17.5 Å². The molecule has 0 radical (unpaired) electrons. The maximum Gasteiger partial charge on any atom is 0.227 e. The lowest BCUT2D eigenvalue weighted by Gasteiger charge is -2.15. The van der Waals surface area contributed by atoms with E-state index in [0.717, 1.165) is 0 Å². The third kappa shape index (κ3) is 3.02. The number of fused-ring (bicyclic) bond motifs is 1. The van der Waals surface area contributed by atoms with Crippen LogP contribution >= 0.6 is 0 Å². The number of benzene rings is 2. The van der Waals surface area contributed by atoms with E-state index in [0.29, 0.717) is 40.5 Å². The summed E-state index contributed by atoms with van der Waals surface area (Å²) < 4.78 is 28.9. The Hall–Kier alpha value is -3.55. The van der Waals surface area contributed by atoms with Gasteiger partial charge in [-0.2, -0.15) is 4.98 Å². The fourth-order valence-electron chi connectivity index (χ4n) is 2.96. The molecule has 2 N–H and O–H groups in total. The minimum absolute atomic E-state index is 0.255. The molecule has 0 aliphatic rings. The summed E-state index contributed by atoms with van der Waals surface area (Å²) in [5.74, 6) is -0.0891. The Kier molecular flexibility index (Phi) is 4.38. The summed E-state index contributed by atoms with van der Waals surface area (Å²) in [5, 5.41) is 4.95. The molecule has 0 atom stereocenters. The Morgan fingerprint density at radius 1 is 1.04 bits per heavy atom. The van der Waals surface area contributed by atoms with Crippen molar-refractivity contribution >= 4 is 22.8 Å². The van der Waals surface area contributed by atoms with Crippen molar-refractivity contribution in [2.45, 2.75) is 6.92 Å². The third-order valence-corrected chi connectivity index (χ3v) is 4.52. The average molecular weight is 380 g/mol. The molecule has 0 aliphatic carbocycles. The fraction of sp³-hybridized carbons (Fsp3) is 0.150. The first-order chi connectivity index (χ1) is 13.5. The van der Waals surface area contributed by atoms with E-state index in [4.69, 9.17) is 5.73 Å². The van der Waals surface area contributed by atoms with Crippen molar-refractivity contribution in [3.8, 4) is 16.9 Å². The van der Waals surface area contributed by atoms with Crippen LogP contribution in [0.25, 0.3) is 28.0 Å². The van der Waals surface area contributed by atoms with E-state index in [2.05, 4.69) is 15.1 Å². The molecule has 6 nitrogen and oxygen atoms in total. The van der Waals surface area contributed by atoms with Crippen LogP contribution in [-0.2, 0) is 0 Å². The Labute approximate surface area is 160 Å². The van der Waals surface area contributed by atoms with Gasteiger partial charge in [-0.25, -0.2) is 18.4 Å². The standard InChI is InChI=1S/C20H18F2N6/c1-3-27(2)20-24-17(12-6-4-7-13(21)10-12)16-18(23)28(26-19(16)25-20)15-9-5-8-14(22)11-15/h4-11H,3,23H2,1-2H3. The van der Waals surface area contributed by atoms with Crippen molar-refractivity contribution < 1.29 is 8.78 Å². The molecule has 2 heterocycles. The molecule has 2 aromatic heterocycles. The lowest BCUT2D eigenvalue weighted by Crippen LogP contribution is -2.19. The van der Waals surface area contributed by atoms with Gasteiger partial charge in [0.2, 0.25) is 5.95 Å². The van der Waals surface area contributed by atoms with E-state index >= 15 is 0 Å². The van der Waals surface area contributed by atoms with Gasteiger partial charge in [-0.3, -0.25) is 0 Å². The first-order valence-electron chi connectivity index (χ1n) is 8.77. The second-order valence-corrected chi connectivity index (χ2v) is 6.37. The molecule has 142 valence electrons. The minimum Gasteiger partial charge on any atom is -0.383 e. The molecule has 0 aliphatic heterocycles. The molecule has 0 unspecified atom stereocenters. The van der Waals surface area contributed by atoms with Crippen LogP contribution in [0.5, 0.6) is 0 Å². The van der Waals surface area contributed by atoms with Crippen molar-refractivity contribution in [1.29, 1.82) is 0 Å². The van der Waals surface area contributed by atoms with Gasteiger partial charge in [-0.1, -0.05) is 18.2 Å². The van der Waals surface area contributed by atoms with Gasteiger partial charge in [0.25, 0.3) is 0 Å². The van der Waals surface area contributed by atoms with Gasteiger partial charge < -0.3 is 10.6 Å². The van der Waals surface area contributed by atoms with Crippen LogP contribution in [0.2, 0.25) is 0 Å². The van der Waals surface area contributed by atoms with E-state index < -0.39 is 5.82 Å². The van der Waals surface area contributed by atoms with E-state index in [9.17, 15) is 8.78 Å². The molecule has 4 aromatic rings. The molecule has 0 fully saturated rings. The number of halogens is 2. The third-order valence-electron chi connectivity index (χ3n) is 4.52. The first-order valence-corrected chi connectivity index (χ1v) is 8.77. The van der Waals surface area contributed by atoms with Crippen LogP contribution < -0.4 is 10.6 Å². The number of hydrogen-bond donors (Lipinski definition) is 1. The molecular formula is C20H18F2N6. The number of aromatic nitrogens is 4. The lowest BCUT2D eigenvalue weighted by atomic mass is 10.1.